The molecule has 0 N–H and O–H groups in total. The van der Waals surface area contributed by atoms with E-state index in [9.17, 15) is 0 Å². The van der Waals surface area contributed by atoms with Gasteiger partial charge in [-0.25, -0.2) is 0 Å². The molecule has 0 saturated carbocycles. The van der Waals surface area contributed by atoms with Crippen molar-refractivity contribution in [2.75, 3.05) is 0 Å². The van der Waals surface area contributed by atoms with Crippen molar-refractivity contribution in [2.24, 2.45) is 0 Å². The van der Waals surface area contributed by atoms with Crippen molar-refractivity contribution in [2.45, 2.75) is 0 Å². The van der Waals surface area contributed by atoms with Crippen molar-refractivity contribution < 1.29 is 8.83 Å². The van der Waals surface area contributed by atoms with Gasteiger partial charge in [0.2, 0.25) is 0 Å². The van der Waals surface area contributed by atoms with Crippen LogP contribution in [0.2, 0.25) is 0 Å². The average molecular weight is 665 g/mol. The molecule has 8 aromatic carbocycles. The van der Waals surface area contributed by atoms with Crippen molar-refractivity contribution in [3.05, 3.63) is 170 Å². The predicted molar refractivity (Wildman–Crippen MR) is 215 cm³/mol. The molecule has 0 radical (unpaired) electrons. The Hall–Kier alpha value is -7.04. The molecule has 0 bridgehead atoms. The Bertz CT molecular complexity index is 3410. The zero-order valence-corrected chi connectivity index (χ0v) is 27.9. The normalized spacial score (nSPS) is 12.2. The molecular formula is C48H28N2O2. The molecule has 0 atom stereocenters. The summed E-state index contributed by atoms with van der Waals surface area (Å²) < 4.78 is 17.8. The number of benzene rings is 8. The lowest BCUT2D eigenvalue weighted by molar-refractivity contribution is 0.666. The van der Waals surface area contributed by atoms with E-state index in [4.69, 9.17) is 8.83 Å². The van der Waals surface area contributed by atoms with Gasteiger partial charge in [0.05, 0.1) is 27.8 Å². The van der Waals surface area contributed by atoms with E-state index in [1.54, 1.807) is 0 Å². The second-order valence-electron chi connectivity index (χ2n) is 13.6. The molecule has 0 aliphatic rings. The lowest BCUT2D eigenvalue weighted by Crippen LogP contribution is -1.95. The maximum absolute atomic E-state index is 6.68. The fraction of sp³-hybridized carbons (Fsp3) is 0. The van der Waals surface area contributed by atoms with Crippen molar-refractivity contribution in [1.82, 2.24) is 9.13 Å². The summed E-state index contributed by atoms with van der Waals surface area (Å²) in [4.78, 5) is 0. The third kappa shape index (κ3) is 3.65. The highest BCUT2D eigenvalue weighted by molar-refractivity contribution is 6.31. The lowest BCUT2D eigenvalue weighted by Gasteiger charge is -2.10. The molecule has 0 aliphatic heterocycles. The Balaban J connectivity index is 1.28. The maximum atomic E-state index is 6.68. The SMILES string of the molecule is c1ccc(-n2c3ccccc3c3c4c5c(-c6ccc7oc8ccccc8c7c6)cccc5n(-c5cccc6c5oc5ccccc56)c4ccc32)cc1. The van der Waals surface area contributed by atoms with E-state index in [-0.39, 0.29) is 0 Å². The summed E-state index contributed by atoms with van der Waals surface area (Å²) in [5.41, 5.74) is 12.7. The van der Waals surface area contributed by atoms with Crippen molar-refractivity contribution in [1.29, 1.82) is 0 Å². The van der Waals surface area contributed by atoms with E-state index in [1.807, 2.05) is 18.2 Å². The first-order valence-corrected chi connectivity index (χ1v) is 17.7. The summed E-state index contributed by atoms with van der Waals surface area (Å²) in [5.74, 6) is 0. The minimum Gasteiger partial charge on any atom is -0.456 e. The van der Waals surface area contributed by atoms with E-state index in [0.29, 0.717) is 0 Å². The van der Waals surface area contributed by atoms with Crippen LogP contribution in [0, 0.1) is 0 Å². The minimum absolute atomic E-state index is 0.881. The monoisotopic (exact) mass is 664 g/mol. The van der Waals surface area contributed by atoms with Gasteiger partial charge in [0.25, 0.3) is 0 Å². The van der Waals surface area contributed by atoms with Crippen molar-refractivity contribution in [3.63, 3.8) is 0 Å². The molecule has 0 aliphatic carbocycles. The number of hydrogen-bond donors (Lipinski definition) is 0. The van der Waals surface area contributed by atoms with E-state index in [2.05, 4.69) is 161 Å². The first-order valence-electron chi connectivity index (χ1n) is 17.7. The molecule has 4 nitrogen and oxygen atoms in total. The fourth-order valence-corrected chi connectivity index (χ4v) is 8.77. The molecule has 0 amide bonds. The number of aromatic nitrogens is 2. The van der Waals surface area contributed by atoms with Gasteiger partial charge in [-0.1, -0.05) is 103 Å². The van der Waals surface area contributed by atoms with Gasteiger partial charge in [0, 0.05) is 48.8 Å². The predicted octanol–water partition coefficient (Wildman–Crippen LogP) is 13.3. The van der Waals surface area contributed by atoms with Crippen LogP contribution < -0.4 is 0 Å². The third-order valence-corrected chi connectivity index (χ3v) is 10.9. The first-order chi connectivity index (χ1) is 25.8. The van der Waals surface area contributed by atoms with Crippen molar-refractivity contribution >= 4 is 87.5 Å². The van der Waals surface area contributed by atoms with Gasteiger partial charge < -0.3 is 18.0 Å². The molecule has 0 unspecified atom stereocenters. The average Bonchev–Trinajstić information content (AvgIpc) is 3.95. The quantitative estimate of drug-likeness (QED) is 0.188. The minimum atomic E-state index is 0.881. The number of para-hydroxylation sites is 5. The van der Waals surface area contributed by atoms with Crippen LogP contribution in [0.25, 0.3) is 110 Å². The summed E-state index contributed by atoms with van der Waals surface area (Å²) in [6, 6.07) is 60.5. The molecule has 12 rings (SSSR count). The molecular weight excluding hydrogens is 637 g/mol. The smallest absolute Gasteiger partial charge is 0.159 e. The molecule has 242 valence electrons. The van der Waals surface area contributed by atoms with E-state index in [0.717, 1.165) is 71.8 Å². The summed E-state index contributed by atoms with van der Waals surface area (Å²) in [7, 11) is 0. The van der Waals surface area contributed by atoms with Crippen LogP contribution in [0.5, 0.6) is 0 Å². The second-order valence-corrected chi connectivity index (χ2v) is 13.6. The topological polar surface area (TPSA) is 36.1 Å². The summed E-state index contributed by atoms with van der Waals surface area (Å²) >= 11 is 0. The first kappa shape index (κ1) is 27.7. The Kier molecular flexibility index (Phi) is 5.47. The highest BCUT2D eigenvalue weighted by Gasteiger charge is 2.24. The van der Waals surface area contributed by atoms with Crippen LogP contribution >= 0.6 is 0 Å². The summed E-state index contributed by atoms with van der Waals surface area (Å²) in [6.07, 6.45) is 0. The van der Waals surface area contributed by atoms with Gasteiger partial charge in [0.1, 0.15) is 16.7 Å². The van der Waals surface area contributed by atoms with Gasteiger partial charge in [-0.3, -0.25) is 0 Å². The van der Waals surface area contributed by atoms with Gasteiger partial charge in [-0.05, 0) is 77.9 Å². The van der Waals surface area contributed by atoms with E-state index in [1.165, 1.54) is 38.1 Å². The molecule has 52 heavy (non-hydrogen) atoms. The summed E-state index contributed by atoms with van der Waals surface area (Å²) in [6.45, 7) is 0. The highest BCUT2D eigenvalue weighted by Crippen LogP contribution is 2.47. The Labute approximate surface area is 296 Å². The number of rotatable bonds is 3. The molecule has 0 spiro atoms. The van der Waals surface area contributed by atoms with E-state index >= 15 is 0 Å². The zero-order valence-electron chi connectivity index (χ0n) is 27.9. The van der Waals surface area contributed by atoms with Gasteiger partial charge in [-0.2, -0.15) is 0 Å². The van der Waals surface area contributed by atoms with Crippen molar-refractivity contribution in [3.8, 4) is 22.5 Å². The summed E-state index contributed by atoms with van der Waals surface area (Å²) in [5, 5.41) is 9.36. The van der Waals surface area contributed by atoms with Gasteiger partial charge >= 0.3 is 0 Å². The number of hydrogen-bond acceptors (Lipinski definition) is 2. The molecule has 4 aromatic heterocycles. The lowest BCUT2D eigenvalue weighted by atomic mass is 9.96. The zero-order chi connectivity index (χ0) is 33.9. The number of furan rings is 2. The van der Waals surface area contributed by atoms with Crippen LogP contribution in [-0.2, 0) is 0 Å². The maximum Gasteiger partial charge on any atom is 0.159 e. The largest absolute Gasteiger partial charge is 0.456 e. The Morgan fingerprint density at radius 2 is 0.962 bits per heavy atom. The van der Waals surface area contributed by atoms with Gasteiger partial charge in [-0.15, -0.1) is 0 Å². The molecule has 4 heterocycles. The highest BCUT2D eigenvalue weighted by atomic mass is 16.3. The third-order valence-electron chi connectivity index (χ3n) is 10.9. The van der Waals surface area contributed by atoms with Crippen LogP contribution in [-0.4, -0.2) is 9.13 Å². The standard InChI is InChI=1S/C48H28N2O2/c1-2-12-30(13-3-1)49-37-19-7-4-16-35(37)46-39(49)25-26-40-47(46)45-31(29-24-27-44-36(28-29)33-15-6-8-22-42(33)51-44)17-10-20-38(45)50(40)41-21-11-18-34-32-14-5-9-23-43(32)52-48(34)41/h1-28H. The molecule has 12 aromatic rings. The van der Waals surface area contributed by atoms with Crippen LogP contribution in [0.3, 0.4) is 0 Å². The van der Waals surface area contributed by atoms with Crippen LogP contribution in [0.4, 0.5) is 0 Å². The Morgan fingerprint density at radius 1 is 0.346 bits per heavy atom. The second kappa shape index (κ2) is 10.3. The van der Waals surface area contributed by atoms with Crippen LogP contribution in [0.15, 0.2) is 179 Å². The molecule has 0 fully saturated rings. The van der Waals surface area contributed by atoms with Crippen LogP contribution in [0.1, 0.15) is 0 Å². The molecule has 0 saturated heterocycles. The Morgan fingerprint density at radius 3 is 1.81 bits per heavy atom. The van der Waals surface area contributed by atoms with Gasteiger partial charge in [0.15, 0.2) is 5.58 Å². The fourth-order valence-electron chi connectivity index (χ4n) is 8.77. The number of nitrogens with zero attached hydrogens (tertiary/aromatic N) is 2. The van der Waals surface area contributed by atoms with E-state index < -0.39 is 0 Å². The molecule has 4 heteroatoms. The number of fused-ring (bicyclic) bond motifs is 13.